The topological polar surface area (TPSA) is 41.1 Å². The van der Waals surface area contributed by atoms with Crippen LogP contribution in [0.5, 0.6) is 0 Å². The summed E-state index contributed by atoms with van der Waals surface area (Å²) >= 11 is 12.0. The summed E-state index contributed by atoms with van der Waals surface area (Å²) in [5.41, 5.74) is 1.08. The van der Waals surface area contributed by atoms with E-state index in [4.69, 9.17) is 23.2 Å². The first kappa shape index (κ1) is 18.6. The van der Waals surface area contributed by atoms with E-state index < -0.39 is 0 Å². The molecule has 0 saturated carbocycles. The molecule has 2 rings (SSSR count). The Morgan fingerprint density at radius 2 is 2.00 bits per heavy atom. The van der Waals surface area contributed by atoms with Crippen LogP contribution in [0.2, 0.25) is 10.0 Å². The molecule has 1 saturated heterocycles. The smallest absolute Gasteiger partial charge is 0.223 e. The highest BCUT2D eigenvalue weighted by Gasteiger charge is 2.20. The maximum Gasteiger partial charge on any atom is 0.223 e. The summed E-state index contributed by atoms with van der Waals surface area (Å²) in [4.78, 5) is 11.9. The van der Waals surface area contributed by atoms with Crippen molar-refractivity contribution in [1.82, 2.24) is 10.6 Å². The molecule has 3 nitrogen and oxygen atoms in total. The third-order valence-corrected chi connectivity index (χ3v) is 4.23. The van der Waals surface area contributed by atoms with Crippen LogP contribution in [0.25, 0.3) is 0 Å². The largest absolute Gasteiger partial charge is 0.356 e. The predicted molar refractivity (Wildman–Crippen MR) is 90.6 cm³/mol. The van der Waals surface area contributed by atoms with E-state index in [1.807, 2.05) is 12.1 Å². The van der Waals surface area contributed by atoms with Crippen molar-refractivity contribution >= 4 is 41.5 Å². The molecule has 0 bridgehead atoms. The van der Waals surface area contributed by atoms with Crippen molar-refractivity contribution < 1.29 is 4.79 Å². The maximum atomic E-state index is 11.9. The van der Waals surface area contributed by atoms with E-state index in [0.717, 1.165) is 44.3 Å². The Bertz CT molecular complexity index is 462. The van der Waals surface area contributed by atoms with Gasteiger partial charge in [0.15, 0.2) is 0 Å². The van der Waals surface area contributed by atoms with Crippen molar-refractivity contribution in [1.29, 1.82) is 0 Å². The molecule has 0 spiro atoms. The van der Waals surface area contributed by atoms with E-state index in [1.54, 1.807) is 6.07 Å². The van der Waals surface area contributed by atoms with E-state index in [2.05, 4.69) is 10.6 Å². The first-order valence-corrected chi connectivity index (χ1v) is 7.85. The number of aryl methyl sites for hydroxylation is 1. The minimum Gasteiger partial charge on any atom is -0.356 e. The first-order chi connectivity index (χ1) is 9.66. The molecule has 1 aromatic rings. The summed E-state index contributed by atoms with van der Waals surface area (Å²) in [6.07, 6.45) is 3.62. The monoisotopic (exact) mass is 350 g/mol. The van der Waals surface area contributed by atoms with Crippen molar-refractivity contribution in [3.8, 4) is 0 Å². The summed E-state index contributed by atoms with van der Waals surface area (Å²) in [6.45, 7) is 2.58. The van der Waals surface area contributed by atoms with Crippen molar-refractivity contribution in [3.05, 3.63) is 33.8 Å². The highest BCUT2D eigenvalue weighted by atomic mass is 35.5. The summed E-state index contributed by atoms with van der Waals surface area (Å²) in [5.74, 6) is 0.365. The Morgan fingerprint density at radius 3 is 2.67 bits per heavy atom. The zero-order valence-electron chi connectivity index (χ0n) is 11.8. The van der Waals surface area contributed by atoms with Gasteiger partial charge in [0.05, 0.1) is 0 Å². The fraction of sp³-hybridized carbons (Fsp3) is 0.533. The van der Waals surface area contributed by atoms with E-state index in [9.17, 15) is 4.79 Å². The zero-order valence-corrected chi connectivity index (χ0v) is 14.2. The Hall–Kier alpha value is -0.480. The molecular weight excluding hydrogens is 331 g/mol. The highest BCUT2D eigenvalue weighted by molar-refractivity contribution is 6.35. The fourth-order valence-electron chi connectivity index (χ4n) is 2.44. The molecule has 0 radical (unpaired) electrons. The normalized spacial score (nSPS) is 15.3. The van der Waals surface area contributed by atoms with E-state index in [0.29, 0.717) is 16.6 Å². The van der Waals surface area contributed by atoms with Crippen LogP contribution in [-0.2, 0) is 11.2 Å². The molecular formula is C15H21Cl3N2O. The number of nitrogens with one attached hydrogen (secondary N) is 2. The van der Waals surface area contributed by atoms with Gasteiger partial charge in [-0.2, -0.15) is 0 Å². The van der Waals surface area contributed by atoms with E-state index in [1.165, 1.54) is 0 Å². The lowest BCUT2D eigenvalue weighted by Crippen LogP contribution is -2.38. The predicted octanol–water partition coefficient (Wildman–Crippen LogP) is 3.46. The molecule has 1 aliphatic rings. The number of hydrogen-bond acceptors (Lipinski definition) is 2. The van der Waals surface area contributed by atoms with Crippen molar-refractivity contribution in [2.24, 2.45) is 5.92 Å². The standard InChI is InChI=1S/C15H20Cl2N2O.ClH/c16-13-4-3-11(14(17)10-13)2-1-7-19-15(20)12-5-8-18-9-6-12;/h3-4,10,12,18H,1-2,5-9H2,(H,19,20);1H. The van der Waals surface area contributed by atoms with Crippen LogP contribution in [0.3, 0.4) is 0 Å². The molecule has 6 heteroatoms. The van der Waals surface area contributed by atoms with Crippen molar-refractivity contribution in [3.63, 3.8) is 0 Å². The lowest BCUT2D eigenvalue weighted by Gasteiger charge is -2.21. The molecule has 0 aromatic heterocycles. The van der Waals surface area contributed by atoms with Gasteiger partial charge < -0.3 is 10.6 Å². The molecule has 1 fully saturated rings. The third kappa shape index (κ3) is 6.03. The van der Waals surface area contributed by atoms with Gasteiger partial charge in [-0.3, -0.25) is 4.79 Å². The lowest BCUT2D eigenvalue weighted by molar-refractivity contribution is -0.125. The van der Waals surface area contributed by atoms with Gasteiger partial charge in [-0.05, 0) is 56.5 Å². The molecule has 2 N–H and O–H groups in total. The molecule has 0 atom stereocenters. The fourth-order valence-corrected chi connectivity index (χ4v) is 2.95. The number of carbonyl (C=O) groups is 1. The third-order valence-electron chi connectivity index (χ3n) is 3.65. The number of hydrogen-bond donors (Lipinski definition) is 2. The minimum absolute atomic E-state index is 0. The molecule has 0 unspecified atom stereocenters. The second kappa shape index (κ2) is 9.52. The number of rotatable bonds is 5. The number of benzene rings is 1. The van der Waals surface area contributed by atoms with Gasteiger partial charge in [-0.15, -0.1) is 12.4 Å². The summed E-state index contributed by atoms with van der Waals surface area (Å²) < 4.78 is 0. The summed E-state index contributed by atoms with van der Waals surface area (Å²) in [5, 5.41) is 7.63. The molecule has 1 aliphatic heterocycles. The van der Waals surface area contributed by atoms with Gasteiger partial charge in [0.25, 0.3) is 0 Å². The average molecular weight is 352 g/mol. The number of carbonyl (C=O) groups excluding carboxylic acids is 1. The quantitative estimate of drug-likeness (QED) is 0.798. The number of amides is 1. The second-order valence-corrected chi connectivity index (χ2v) is 6.00. The summed E-state index contributed by atoms with van der Waals surface area (Å²) in [6, 6.07) is 5.54. The molecule has 1 aromatic carbocycles. The molecule has 1 heterocycles. The molecule has 21 heavy (non-hydrogen) atoms. The van der Waals surface area contributed by atoms with Crippen LogP contribution in [0.1, 0.15) is 24.8 Å². The van der Waals surface area contributed by atoms with Crippen LogP contribution in [0, 0.1) is 5.92 Å². The van der Waals surface area contributed by atoms with Crippen LogP contribution in [-0.4, -0.2) is 25.5 Å². The van der Waals surface area contributed by atoms with Gasteiger partial charge >= 0.3 is 0 Å². The van der Waals surface area contributed by atoms with Crippen LogP contribution in [0.4, 0.5) is 0 Å². The van der Waals surface area contributed by atoms with Crippen molar-refractivity contribution in [2.45, 2.75) is 25.7 Å². The lowest BCUT2D eigenvalue weighted by atomic mass is 9.97. The number of halogens is 3. The van der Waals surface area contributed by atoms with E-state index in [-0.39, 0.29) is 24.2 Å². The number of piperidine rings is 1. The Balaban J connectivity index is 0.00000220. The van der Waals surface area contributed by atoms with Crippen molar-refractivity contribution in [2.75, 3.05) is 19.6 Å². The molecule has 118 valence electrons. The molecule has 1 amide bonds. The van der Waals surface area contributed by atoms with Crippen LogP contribution >= 0.6 is 35.6 Å². The second-order valence-electron chi connectivity index (χ2n) is 5.15. The van der Waals surface area contributed by atoms with Gasteiger partial charge in [0.2, 0.25) is 5.91 Å². The van der Waals surface area contributed by atoms with Crippen LogP contribution in [0.15, 0.2) is 18.2 Å². The van der Waals surface area contributed by atoms with Gasteiger partial charge in [-0.25, -0.2) is 0 Å². The SMILES string of the molecule is Cl.O=C(NCCCc1ccc(Cl)cc1Cl)C1CCNCC1. The van der Waals surface area contributed by atoms with Gasteiger partial charge in [-0.1, -0.05) is 29.3 Å². The average Bonchev–Trinajstić information content (AvgIpc) is 2.46. The zero-order chi connectivity index (χ0) is 14.4. The van der Waals surface area contributed by atoms with E-state index >= 15 is 0 Å². The molecule has 0 aliphatic carbocycles. The van der Waals surface area contributed by atoms with Gasteiger partial charge in [0.1, 0.15) is 0 Å². The Morgan fingerprint density at radius 1 is 1.29 bits per heavy atom. The van der Waals surface area contributed by atoms with Gasteiger partial charge in [0, 0.05) is 22.5 Å². The Labute approximate surface area is 142 Å². The summed E-state index contributed by atoms with van der Waals surface area (Å²) in [7, 11) is 0. The Kier molecular flexibility index (Phi) is 8.42. The minimum atomic E-state index is 0. The maximum absolute atomic E-state index is 11.9. The highest BCUT2D eigenvalue weighted by Crippen LogP contribution is 2.21. The van der Waals surface area contributed by atoms with Crippen LogP contribution < -0.4 is 10.6 Å². The first-order valence-electron chi connectivity index (χ1n) is 7.09.